The fourth-order valence-corrected chi connectivity index (χ4v) is 0.294. The molecule has 0 heterocycles. The van der Waals surface area contributed by atoms with Crippen molar-refractivity contribution in [3.63, 3.8) is 0 Å². The van der Waals surface area contributed by atoms with E-state index in [1.54, 1.807) is 20.2 Å². The Morgan fingerprint density at radius 2 is 2.25 bits per heavy atom. The second kappa shape index (κ2) is 3.07. The highest BCUT2D eigenvalue weighted by atomic mass is 14.8. The molecule has 8 heavy (non-hydrogen) atoms. The highest BCUT2D eigenvalue weighted by Gasteiger charge is 1.87. The molecule has 0 saturated carbocycles. The van der Waals surface area contributed by atoms with Crippen molar-refractivity contribution in [2.24, 2.45) is 5.73 Å². The van der Waals surface area contributed by atoms with Crippen molar-refractivity contribution in [3.8, 4) is 0 Å². The van der Waals surface area contributed by atoms with Gasteiger partial charge in [-0.15, -0.1) is 0 Å². The quantitative estimate of drug-likeness (QED) is 0.350. The van der Waals surface area contributed by atoms with Crippen molar-refractivity contribution >= 4 is 5.84 Å². The maximum Gasteiger partial charge on any atom is 0.119 e. The fraction of sp³-hybridized carbons (Fsp3) is 0.400. The van der Waals surface area contributed by atoms with E-state index < -0.39 is 0 Å². The van der Waals surface area contributed by atoms with Crippen LogP contribution in [0.4, 0.5) is 0 Å². The number of rotatable bonds is 2. The topological polar surface area (TPSA) is 61.9 Å². The highest BCUT2D eigenvalue weighted by Crippen LogP contribution is 1.84. The summed E-state index contributed by atoms with van der Waals surface area (Å²) in [6, 6.07) is 0. The average Bonchev–Trinajstić information content (AvgIpc) is 1.67. The molecule has 0 unspecified atom stereocenters. The molecule has 46 valence electrons. The minimum atomic E-state index is 0.111. The van der Waals surface area contributed by atoms with E-state index in [1.807, 2.05) is 0 Å². The third kappa shape index (κ3) is 2.23. The van der Waals surface area contributed by atoms with Gasteiger partial charge in [-0.05, 0) is 6.92 Å². The number of hydrogen-bond donors (Lipinski definition) is 3. The van der Waals surface area contributed by atoms with E-state index in [0.717, 1.165) is 5.57 Å². The van der Waals surface area contributed by atoms with Gasteiger partial charge in [0.1, 0.15) is 5.84 Å². The Bertz CT molecular complexity index is 115. The number of hydrogen-bond acceptors (Lipinski definition) is 2. The predicted molar refractivity (Wildman–Crippen MR) is 34.7 cm³/mol. The first-order valence-electron chi connectivity index (χ1n) is 2.37. The number of nitrogens with one attached hydrogen (secondary N) is 2. The lowest BCUT2D eigenvalue weighted by Crippen LogP contribution is -2.12. The first-order valence-corrected chi connectivity index (χ1v) is 2.37. The molecule has 0 atom stereocenters. The molecule has 0 bridgehead atoms. The molecule has 0 spiro atoms. The minimum absolute atomic E-state index is 0.111. The summed E-state index contributed by atoms with van der Waals surface area (Å²) in [5.74, 6) is 0.111. The lowest BCUT2D eigenvalue weighted by Gasteiger charge is -1.94. The first kappa shape index (κ1) is 7.01. The minimum Gasteiger partial charge on any atom is -0.394 e. The summed E-state index contributed by atoms with van der Waals surface area (Å²) in [6.07, 6.45) is 1.68. The van der Waals surface area contributed by atoms with Crippen LogP contribution in [-0.2, 0) is 0 Å². The van der Waals surface area contributed by atoms with Crippen LogP contribution in [0.1, 0.15) is 6.92 Å². The van der Waals surface area contributed by atoms with E-state index in [-0.39, 0.29) is 5.84 Å². The van der Waals surface area contributed by atoms with Crippen LogP contribution in [0, 0.1) is 5.41 Å². The van der Waals surface area contributed by atoms with Gasteiger partial charge in [0.25, 0.3) is 0 Å². The van der Waals surface area contributed by atoms with Crippen molar-refractivity contribution in [2.75, 3.05) is 7.05 Å². The third-order valence-electron chi connectivity index (χ3n) is 0.786. The van der Waals surface area contributed by atoms with Crippen LogP contribution in [0.2, 0.25) is 0 Å². The van der Waals surface area contributed by atoms with Gasteiger partial charge in [-0.1, -0.05) is 0 Å². The molecule has 0 aromatic heterocycles. The Balaban J connectivity index is 3.80. The van der Waals surface area contributed by atoms with E-state index in [4.69, 9.17) is 11.1 Å². The van der Waals surface area contributed by atoms with E-state index in [1.165, 1.54) is 0 Å². The van der Waals surface area contributed by atoms with Gasteiger partial charge in [-0.2, -0.15) is 0 Å². The average molecular weight is 113 g/mol. The molecule has 0 aliphatic rings. The Morgan fingerprint density at radius 1 is 1.75 bits per heavy atom. The highest BCUT2D eigenvalue weighted by molar-refractivity contribution is 5.93. The summed E-state index contributed by atoms with van der Waals surface area (Å²) in [5.41, 5.74) is 5.85. The third-order valence-corrected chi connectivity index (χ3v) is 0.786. The zero-order valence-corrected chi connectivity index (χ0v) is 5.15. The molecule has 0 rings (SSSR count). The van der Waals surface area contributed by atoms with Crippen molar-refractivity contribution in [2.45, 2.75) is 6.92 Å². The molecular weight excluding hydrogens is 102 g/mol. The van der Waals surface area contributed by atoms with E-state index in [9.17, 15) is 0 Å². The van der Waals surface area contributed by atoms with Gasteiger partial charge in [-0.25, -0.2) is 0 Å². The maximum atomic E-state index is 6.87. The van der Waals surface area contributed by atoms with Crippen molar-refractivity contribution in [1.82, 2.24) is 5.32 Å². The van der Waals surface area contributed by atoms with E-state index in [0.29, 0.717) is 0 Å². The maximum absolute atomic E-state index is 6.87. The monoisotopic (exact) mass is 113 g/mol. The molecule has 0 aromatic rings. The van der Waals surface area contributed by atoms with Crippen molar-refractivity contribution in [1.29, 1.82) is 5.41 Å². The fourth-order valence-electron chi connectivity index (χ4n) is 0.294. The molecule has 4 N–H and O–H groups in total. The zero-order valence-electron chi connectivity index (χ0n) is 5.15. The van der Waals surface area contributed by atoms with Gasteiger partial charge in [0.15, 0.2) is 0 Å². The molecule has 0 aromatic carbocycles. The van der Waals surface area contributed by atoms with Gasteiger partial charge in [0.2, 0.25) is 0 Å². The summed E-state index contributed by atoms with van der Waals surface area (Å²) >= 11 is 0. The van der Waals surface area contributed by atoms with Crippen molar-refractivity contribution < 1.29 is 0 Å². The van der Waals surface area contributed by atoms with Gasteiger partial charge in [-0.3, -0.25) is 5.41 Å². The molecule has 3 nitrogen and oxygen atoms in total. The van der Waals surface area contributed by atoms with Gasteiger partial charge in [0, 0.05) is 18.8 Å². The Hall–Kier alpha value is -0.990. The van der Waals surface area contributed by atoms with Crippen molar-refractivity contribution in [3.05, 3.63) is 11.8 Å². The SMILES string of the molecule is CN/C=C(\C)C(=N)N. The molecule has 0 radical (unpaired) electrons. The molecule has 0 saturated heterocycles. The van der Waals surface area contributed by atoms with Crippen LogP contribution in [0.3, 0.4) is 0 Å². The number of amidine groups is 1. The van der Waals surface area contributed by atoms with Crippen LogP contribution in [-0.4, -0.2) is 12.9 Å². The van der Waals surface area contributed by atoms with Crippen LogP contribution < -0.4 is 11.1 Å². The molecule has 3 heteroatoms. The van der Waals surface area contributed by atoms with Crippen LogP contribution in [0.5, 0.6) is 0 Å². The smallest absolute Gasteiger partial charge is 0.119 e. The van der Waals surface area contributed by atoms with E-state index >= 15 is 0 Å². The molecule has 0 fully saturated rings. The zero-order chi connectivity index (χ0) is 6.57. The largest absolute Gasteiger partial charge is 0.394 e. The van der Waals surface area contributed by atoms with Gasteiger partial charge < -0.3 is 11.1 Å². The Morgan fingerprint density at radius 3 is 2.38 bits per heavy atom. The summed E-state index contributed by atoms with van der Waals surface area (Å²) in [4.78, 5) is 0. The number of nitrogens with two attached hydrogens (primary N) is 1. The van der Waals surface area contributed by atoms with Crippen LogP contribution >= 0.6 is 0 Å². The second-order valence-corrected chi connectivity index (χ2v) is 1.53. The van der Waals surface area contributed by atoms with Gasteiger partial charge >= 0.3 is 0 Å². The Labute approximate surface area is 49.1 Å². The lowest BCUT2D eigenvalue weighted by atomic mass is 10.3. The molecule has 0 aliphatic carbocycles. The first-order chi connectivity index (χ1) is 3.68. The lowest BCUT2D eigenvalue weighted by molar-refractivity contribution is 1.08. The summed E-state index contributed by atoms with van der Waals surface area (Å²) in [6.45, 7) is 1.78. The standard InChI is InChI=1S/C5H11N3/c1-4(3-8-2)5(6)7/h3,8H,1-2H3,(H3,6,7)/b4-3+. The molecular formula is C5H11N3. The summed E-state index contributed by atoms with van der Waals surface area (Å²) in [5, 5.41) is 9.64. The van der Waals surface area contributed by atoms with Gasteiger partial charge in [0.05, 0.1) is 0 Å². The second-order valence-electron chi connectivity index (χ2n) is 1.53. The normalized spacial score (nSPS) is 11.0. The van der Waals surface area contributed by atoms with Crippen LogP contribution in [0.25, 0.3) is 0 Å². The summed E-state index contributed by atoms with van der Waals surface area (Å²) < 4.78 is 0. The molecule has 0 aliphatic heterocycles. The Kier molecular flexibility index (Phi) is 2.69. The predicted octanol–water partition coefficient (Wildman–Crippen LogP) is 0.0456. The van der Waals surface area contributed by atoms with E-state index in [2.05, 4.69) is 5.32 Å². The summed E-state index contributed by atoms with van der Waals surface area (Å²) in [7, 11) is 1.77. The van der Waals surface area contributed by atoms with Crippen LogP contribution in [0.15, 0.2) is 11.8 Å². The molecule has 0 amide bonds.